The van der Waals surface area contributed by atoms with E-state index in [-0.39, 0.29) is 6.04 Å². The van der Waals surface area contributed by atoms with Crippen LogP contribution in [-0.2, 0) is 4.74 Å². The van der Waals surface area contributed by atoms with E-state index in [4.69, 9.17) is 4.74 Å². The number of halogens is 1. The Morgan fingerprint density at radius 2 is 2.33 bits per heavy atom. The van der Waals surface area contributed by atoms with E-state index < -0.39 is 5.67 Å². The average molecular weight is 252 g/mol. The normalized spacial score (nSPS) is 34.5. The van der Waals surface area contributed by atoms with Crippen LogP contribution < -0.4 is 0 Å². The highest BCUT2D eigenvalue weighted by Gasteiger charge is 2.44. The molecule has 1 aromatic heterocycles. The third-order valence-corrected chi connectivity index (χ3v) is 4.13. The van der Waals surface area contributed by atoms with Crippen molar-refractivity contribution in [3.05, 3.63) is 18.0 Å². The van der Waals surface area contributed by atoms with E-state index in [0.29, 0.717) is 12.6 Å². The van der Waals surface area contributed by atoms with Gasteiger partial charge in [0.2, 0.25) is 0 Å². The summed E-state index contributed by atoms with van der Waals surface area (Å²) in [5, 5.41) is 4.22. The average Bonchev–Trinajstić information content (AvgIpc) is 2.60. The number of hydrogen-bond acceptors (Lipinski definition) is 3. The number of piperidine rings is 1. The maximum absolute atomic E-state index is 14.9. The van der Waals surface area contributed by atoms with Gasteiger partial charge in [-0.3, -0.25) is 9.58 Å². The summed E-state index contributed by atoms with van der Waals surface area (Å²) in [5.41, 5.74) is -0.345. The quantitative estimate of drug-likeness (QED) is 0.796. The fraction of sp³-hybridized carbons (Fsp3) is 0.769. The molecule has 2 aliphatic rings. The predicted molar refractivity (Wildman–Crippen MR) is 65.1 cm³/mol. The lowest BCUT2D eigenvalue weighted by atomic mass is 9.89. The Hall–Kier alpha value is -0.940. The van der Waals surface area contributed by atoms with E-state index in [0.717, 1.165) is 31.9 Å². The lowest BCUT2D eigenvalue weighted by molar-refractivity contribution is -0.102. The zero-order valence-corrected chi connectivity index (χ0v) is 10.9. The van der Waals surface area contributed by atoms with Crippen molar-refractivity contribution >= 4 is 0 Å². The minimum Gasteiger partial charge on any atom is -0.378 e. The number of hydrogen-bond donors (Lipinski definition) is 0. The molecular formula is C13H19FN3O. The van der Waals surface area contributed by atoms with Crippen molar-refractivity contribution < 1.29 is 9.13 Å². The first-order chi connectivity index (χ1) is 8.58. The van der Waals surface area contributed by atoms with Crippen molar-refractivity contribution in [2.75, 3.05) is 26.3 Å². The molecule has 0 aromatic carbocycles. The fourth-order valence-corrected chi connectivity index (χ4v) is 2.95. The molecule has 0 saturated carbocycles. The predicted octanol–water partition coefficient (Wildman–Crippen LogP) is 1.37. The van der Waals surface area contributed by atoms with E-state index in [9.17, 15) is 4.39 Å². The molecular weight excluding hydrogens is 233 g/mol. The Kier molecular flexibility index (Phi) is 2.90. The summed E-state index contributed by atoms with van der Waals surface area (Å²) in [7, 11) is 0. The molecule has 2 saturated heterocycles. The second-order valence-electron chi connectivity index (χ2n) is 5.56. The van der Waals surface area contributed by atoms with Crippen molar-refractivity contribution in [1.29, 1.82) is 0 Å². The van der Waals surface area contributed by atoms with Gasteiger partial charge >= 0.3 is 0 Å². The fourth-order valence-electron chi connectivity index (χ4n) is 2.95. The van der Waals surface area contributed by atoms with Crippen LogP contribution >= 0.6 is 0 Å². The number of alkyl halides is 1. The van der Waals surface area contributed by atoms with Crippen molar-refractivity contribution in [1.82, 2.24) is 14.7 Å². The van der Waals surface area contributed by atoms with Gasteiger partial charge in [-0.05, 0) is 20.3 Å². The molecule has 2 fully saturated rings. The summed E-state index contributed by atoms with van der Waals surface area (Å²) in [6.07, 6.45) is 2.41. The van der Waals surface area contributed by atoms with Gasteiger partial charge in [-0.15, -0.1) is 0 Å². The Morgan fingerprint density at radius 1 is 1.56 bits per heavy atom. The third-order valence-electron chi connectivity index (χ3n) is 4.13. The van der Waals surface area contributed by atoms with Crippen LogP contribution in [0, 0.1) is 13.0 Å². The van der Waals surface area contributed by atoms with Crippen molar-refractivity contribution in [3.63, 3.8) is 0 Å². The monoisotopic (exact) mass is 252 g/mol. The number of nitrogens with zero attached hydrogens (tertiary/aromatic N) is 3. The molecule has 0 bridgehead atoms. The maximum Gasteiger partial charge on any atom is 0.143 e. The van der Waals surface area contributed by atoms with Crippen LogP contribution in [0.4, 0.5) is 4.39 Å². The number of ether oxygens (including phenoxy) is 1. The van der Waals surface area contributed by atoms with Gasteiger partial charge in [-0.25, -0.2) is 4.39 Å². The molecule has 99 valence electrons. The number of rotatable bonds is 2. The van der Waals surface area contributed by atoms with Crippen LogP contribution in [0.2, 0.25) is 0 Å². The SMILES string of the molecule is Cc1[c]cnn1C1CCN(C2COC2)CC1(C)F. The van der Waals surface area contributed by atoms with Gasteiger partial charge < -0.3 is 4.74 Å². The highest BCUT2D eigenvalue weighted by atomic mass is 19.1. The molecule has 0 spiro atoms. The summed E-state index contributed by atoms with van der Waals surface area (Å²) in [4.78, 5) is 2.21. The molecule has 2 unspecified atom stereocenters. The highest BCUT2D eigenvalue weighted by molar-refractivity contribution is 5.03. The summed E-state index contributed by atoms with van der Waals surface area (Å²) < 4.78 is 21.9. The van der Waals surface area contributed by atoms with E-state index in [2.05, 4.69) is 16.1 Å². The zero-order valence-electron chi connectivity index (χ0n) is 10.9. The molecule has 4 nitrogen and oxygen atoms in total. The first-order valence-electron chi connectivity index (χ1n) is 6.50. The highest BCUT2D eigenvalue weighted by Crippen LogP contribution is 2.36. The van der Waals surface area contributed by atoms with Crippen LogP contribution in [0.15, 0.2) is 6.20 Å². The molecule has 18 heavy (non-hydrogen) atoms. The van der Waals surface area contributed by atoms with Gasteiger partial charge in [0.05, 0.1) is 31.5 Å². The van der Waals surface area contributed by atoms with E-state index in [1.165, 1.54) is 0 Å². The van der Waals surface area contributed by atoms with Crippen LogP contribution in [0.5, 0.6) is 0 Å². The Labute approximate surface area is 107 Å². The number of aromatic nitrogens is 2. The van der Waals surface area contributed by atoms with Gasteiger partial charge in [0.1, 0.15) is 5.67 Å². The standard InChI is InChI=1S/C13H19FN3O/c1-10-3-5-15-17(10)12-4-6-16(9-13(12,2)14)11-7-18-8-11/h5,11-12H,4,6-9H2,1-2H3. The van der Waals surface area contributed by atoms with Gasteiger partial charge in [0.15, 0.2) is 0 Å². The van der Waals surface area contributed by atoms with Gasteiger partial charge in [0, 0.05) is 24.8 Å². The van der Waals surface area contributed by atoms with Crippen LogP contribution in [0.25, 0.3) is 0 Å². The summed E-state index contributed by atoms with van der Waals surface area (Å²) in [6, 6.07) is 3.24. The smallest absolute Gasteiger partial charge is 0.143 e. The van der Waals surface area contributed by atoms with Crippen LogP contribution in [-0.4, -0.2) is 52.7 Å². The molecule has 0 N–H and O–H groups in total. The van der Waals surface area contributed by atoms with E-state index in [1.807, 2.05) is 6.92 Å². The topological polar surface area (TPSA) is 30.3 Å². The molecule has 2 atom stereocenters. The summed E-state index contributed by atoms with van der Waals surface area (Å²) in [6.45, 7) is 6.48. The van der Waals surface area contributed by atoms with Crippen molar-refractivity contribution in [2.24, 2.45) is 0 Å². The second kappa shape index (κ2) is 4.31. The largest absolute Gasteiger partial charge is 0.378 e. The Bertz CT molecular complexity index is 428. The molecule has 5 heteroatoms. The lowest BCUT2D eigenvalue weighted by Crippen LogP contribution is -2.58. The molecule has 1 aromatic rings. The van der Waals surface area contributed by atoms with Crippen molar-refractivity contribution in [3.8, 4) is 0 Å². The van der Waals surface area contributed by atoms with Crippen LogP contribution in [0.3, 0.4) is 0 Å². The molecule has 1 radical (unpaired) electrons. The van der Waals surface area contributed by atoms with E-state index in [1.54, 1.807) is 17.8 Å². The molecule has 2 aliphatic heterocycles. The third kappa shape index (κ3) is 1.95. The molecule has 3 rings (SSSR count). The van der Waals surface area contributed by atoms with Gasteiger partial charge in [-0.1, -0.05) is 0 Å². The zero-order chi connectivity index (χ0) is 12.8. The lowest BCUT2D eigenvalue weighted by Gasteiger charge is -2.46. The molecule has 0 aliphatic carbocycles. The first-order valence-corrected chi connectivity index (χ1v) is 6.50. The van der Waals surface area contributed by atoms with Gasteiger partial charge in [0.25, 0.3) is 0 Å². The molecule has 3 heterocycles. The number of aryl methyl sites for hydroxylation is 1. The minimum atomic E-state index is -1.25. The molecule has 0 amide bonds. The second-order valence-corrected chi connectivity index (χ2v) is 5.56. The number of likely N-dealkylation sites (tertiary alicyclic amines) is 1. The summed E-state index contributed by atoms with van der Waals surface area (Å²) >= 11 is 0. The summed E-state index contributed by atoms with van der Waals surface area (Å²) in [5.74, 6) is 0. The van der Waals surface area contributed by atoms with Crippen molar-refractivity contribution in [2.45, 2.75) is 38.0 Å². The van der Waals surface area contributed by atoms with Gasteiger partial charge in [-0.2, -0.15) is 5.10 Å². The first kappa shape index (κ1) is 12.1. The Balaban J connectivity index is 1.76. The van der Waals surface area contributed by atoms with E-state index >= 15 is 0 Å². The minimum absolute atomic E-state index is 0.180. The maximum atomic E-state index is 14.9. The van der Waals surface area contributed by atoms with Crippen LogP contribution in [0.1, 0.15) is 25.1 Å². The Morgan fingerprint density at radius 3 is 2.83 bits per heavy atom.